The molecule has 0 aliphatic carbocycles. The summed E-state index contributed by atoms with van der Waals surface area (Å²) in [5, 5.41) is 0.691. The van der Waals surface area contributed by atoms with Crippen LogP contribution < -0.4 is 11.3 Å². The first kappa shape index (κ1) is 13.0. The zero-order chi connectivity index (χ0) is 13.0. The molecule has 0 bridgehead atoms. The van der Waals surface area contributed by atoms with Crippen LogP contribution in [0.25, 0.3) is 0 Å². The van der Waals surface area contributed by atoms with Crippen LogP contribution >= 0.6 is 11.6 Å². The largest absolute Gasteiger partial charge is 0.271 e. The Morgan fingerprint density at radius 1 is 1.22 bits per heavy atom. The Labute approximate surface area is 110 Å². The van der Waals surface area contributed by atoms with E-state index in [2.05, 4.69) is 10.4 Å². The molecule has 3 N–H and O–H groups in total. The second-order valence-electron chi connectivity index (χ2n) is 3.95. The van der Waals surface area contributed by atoms with Gasteiger partial charge in [-0.3, -0.25) is 16.3 Å². The Bertz CT molecular complexity index is 499. The fourth-order valence-corrected chi connectivity index (χ4v) is 1.82. The summed E-state index contributed by atoms with van der Waals surface area (Å²) in [6, 6.07) is 10.3. The minimum absolute atomic E-state index is 0.160. The Kier molecular flexibility index (Phi) is 4.25. The number of rotatable bonds is 4. The fraction of sp³-hybridized carbons (Fsp3) is 0.154. The van der Waals surface area contributed by atoms with Crippen molar-refractivity contribution in [3.63, 3.8) is 0 Å². The summed E-state index contributed by atoms with van der Waals surface area (Å²) in [6.45, 7) is 0. The molecule has 1 aromatic carbocycles. The van der Waals surface area contributed by atoms with Crippen LogP contribution in [0.15, 0.2) is 42.6 Å². The summed E-state index contributed by atoms with van der Waals surface area (Å²) in [7, 11) is 0. The molecular weight excluding hydrogens is 253 g/mol. The van der Waals surface area contributed by atoms with Crippen molar-refractivity contribution >= 4 is 11.6 Å². The highest BCUT2D eigenvalue weighted by Crippen LogP contribution is 2.17. The van der Waals surface area contributed by atoms with E-state index in [0.29, 0.717) is 17.1 Å². The SMILES string of the molecule is NNC(Cc1ccc(Cl)cc1)c1ccc(F)cn1. The fourth-order valence-electron chi connectivity index (χ4n) is 1.70. The van der Waals surface area contributed by atoms with Gasteiger partial charge in [0.2, 0.25) is 0 Å². The minimum atomic E-state index is -0.360. The predicted octanol–water partition coefficient (Wildman–Crippen LogP) is 2.62. The third-order valence-electron chi connectivity index (χ3n) is 2.66. The molecule has 2 aromatic rings. The Hall–Kier alpha value is -1.49. The molecular formula is C13H13ClFN3. The maximum Gasteiger partial charge on any atom is 0.141 e. The normalized spacial score (nSPS) is 12.4. The van der Waals surface area contributed by atoms with Gasteiger partial charge in [-0.05, 0) is 36.2 Å². The number of nitrogens with one attached hydrogen (secondary N) is 1. The zero-order valence-corrected chi connectivity index (χ0v) is 10.4. The van der Waals surface area contributed by atoms with Gasteiger partial charge < -0.3 is 0 Å². The molecule has 0 fully saturated rings. The summed E-state index contributed by atoms with van der Waals surface area (Å²) in [4.78, 5) is 4.02. The van der Waals surface area contributed by atoms with Gasteiger partial charge in [0.25, 0.3) is 0 Å². The average Bonchev–Trinajstić information content (AvgIpc) is 2.39. The van der Waals surface area contributed by atoms with E-state index in [1.807, 2.05) is 24.3 Å². The van der Waals surface area contributed by atoms with Crippen molar-refractivity contribution in [3.8, 4) is 0 Å². The van der Waals surface area contributed by atoms with Crippen LogP contribution in [0, 0.1) is 5.82 Å². The van der Waals surface area contributed by atoms with Crippen molar-refractivity contribution in [2.24, 2.45) is 5.84 Å². The van der Waals surface area contributed by atoms with Crippen molar-refractivity contribution in [2.45, 2.75) is 12.5 Å². The van der Waals surface area contributed by atoms with E-state index in [4.69, 9.17) is 17.4 Å². The van der Waals surface area contributed by atoms with Gasteiger partial charge in [-0.25, -0.2) is 4.39 Å². The molecule has 94 valence electrons. The van der Waals surface area contributed by atoms with E-state index in [0.717, 1.165) is 5.56 Å². The summed E-state index contributed by atoms with van der Waals surface area (Å²) >= 11 is 5.82. The molecule has 1 unspecified atom stereocenters. The first-order valence-electron chi connectivity index (χ1n) is 5.51. The first-order valence-corrected chi connectivity index (χ1v) is 5.89. The molecule has 3 nitrogen and oxygen atoms in total. The lowest BCUT2D eigenvalue weighted by Crippen LogP contribution is -2.30. The van der Waals surface area contributed by atoms with Crippen molar-refractivity contribution in [1.29, 1.82) is 0 Å². The highest BCUT2D eigenvalue weighted by atomic mass is 35.5. The standard InChI is InChI=1S/C13H13ClFN3/c14-10-3-1-9(2-4-10)7-13(18-16)12-6-5-11(15)8-17-12/h1-6,8,13,18H,7,16H2. The van der Waals surface area contributed by atoms with Crippen LogP contribution in [0.5, 0.6) is 0 Å². The Morgan fingerprint density at radius 2 is 1.94 bits per heavy atom. The molecule has 1 atom stereocenters. The number of hydrazine groups is 1. The van der Waals surface area contributed by atoms with E-state index in [9.17, 15) is 4.39 Å². The summed E-state index contributed by atoms with van der Waals surface area (Å²) in [5.41, 5.74) is 4.46. The van der Waals surface area contributed by atoms with E-state index < -0.39 is 0 Å². The lowest BCUT2D eigenvalue weighted by molar-refractivity contribution is 0.533. The molecule has 1 aromatic heterocycles. The van der Waals surface area contributed by atoms with E-state index in [1.54, 1.807) is 6.07 Å². The van der Waals surface area contributed by atoms with E-state index >= 15 is 0 Å². The van der Waals surface area contributed by atoms with Crippen LogP contribution in [0.4, 0.5) is 4.39 Å². The molecule has 5 heteroatoms. The quantitative estimate of drug-likeness (QED) is 0.660. The second-order valence-corrected chi connectivity index (χ2v) is 4.39. The number of hydrogen-bond donors (Lipinski definition) is 2. The summed E-state index contributed by atoms with van der Waals surface area (Å²) < 4.78 is 12.8. The molecule has 0 spiro atoms. The van der Waals surface area contributed by atoms with Gasteiger partial charge in [-0.2, -0.15) is 0 Å². The van der Waals surface area contributed by atoms with Gasteiger partial charge in [-0.1, -0.05) is 23.7 Å². The second kappa shape index (κ2) is 5.91. The number of nitrogens with zero attached hydrogens (tertiary/aromatic N) is 1. The minimum Gasteiger partial charge on any atom is -0.271 e. The number of benzene rings is 1. The number of pyridine rings is 1. The molecule has 0 aliphatic heterocycles. The molecule has 0 amide bonds. The van der Waals surface area contributed by atoms with Crippen LogP contribution in [-0.2, 0) is 6.42 Å². The smallest absolute Gasteiger partial charge is 0.141 e. The van der Waals surface area contributed by atoms with Gasteiger partial charge >= 0.3 is 0 Å². The van der Waals surface area contributed by atoms with E-state index in [-0.39, 0.29) is 11.9 Å². The third kappa shape index (κ3) is 3.26. The Morgan fingerprint density at radius 3 is 2.50 bits per heavy atom. The zero-order valence-electron chi connectivity index (χ0n) is 9.61. The molecule has 1 heterocycles. The topological polar surface area (TPSA) is 50.9 Å². The lowest BCUT2D eigenvalue weighted by Gasteiger charge is -2.15. The molecule has 2 rings (SSSR count). The summed E-state index contributed by atoms with van der Waals surface area (Å²) in [5.74, 6) is 5.15. The van der Waals surface area contributed by atoms with Gasteiger partial charge in [0, 0.05) is 5.02 Å². The van der Waals surface area contributed by atoms with Gasteiger partial charge in [0.15, 0.2) is 0 Å². The molecule has 0 saturated heterocycles. The van der Waals surface area contributed by atoms with Crippen LogP contribution in [0.1, 0.15) is 17.3 Å². The average molecular weight is 266 g/mol. The maximum atomic E-state index is 12.8. The van der Waals surface area contributed by atoms with Crippen molar-refractivity contribution < 1.29 is 4.39 Å². The number of nitrogens with two attached hydrogens (primary N) is 1. The van der Waals surface area contributed by atoms with Gasteiger partial charge in [0.1, 0.15) is 5.82 Å². The van der Waals surface area contributed by atoms with Crippen LogP contribution in [-0.4, -0.2) is 4.98 Å². The number of halogens is 2. The Balaban J connectivity index is 2.14. The number of hydrogen-bond acceptors (Lipinski definition) is 3. The van der Waals surface area contributed by atoms with Crippen LogP contribution in [0.3, 0.4) is 0 Å². The van der Waals surface area contributed by atoms with Gasteiger partial charge in [0.05, 0.1) is 17.9 Å². The maximum absolute atomic E-state index is 12.8. The highest BCUT2D eigenvalue weighted by molar-refractivity contribution is 6.30. The first-order chi connectivity index (χ1) is 8.69. The van der Waals surface area contributed by atoms with Crippen molar-refractivity contribution in [3.05, 3.63) is 64.7 Å². The summed E-state index contributed by atoms with van der Waals surface area (Å²) in [6.07, 6.45) is 1.84. The highest BCUT2D eigenvalue weighted by Gasteiger charge is 2.12. The van der Waals surface area contributed by atoms with E-state index in [1.165, 1.54) is 12.3 Å². The molecule has 0 aliphatic rings. The molecule has 0 saturated carbocycles. The van der Waals surface area contributed by atoms with Crippen LogP contribution in [0.2, 0.25) is 5.02 Å². The lowest BCUT2D eigenvalue weighted by atomic mass is 10.0. The molecule has 18 heavy (non-hydrogen) atoms. The van der Waals surface area contributed by atoms with Crippen molar-refractivity contribution in [1.82, 2.24) is 10.4 Å². The monoisotopic (exact) mass is 265 g/mol. The van der Waals surface area contributed by atoms with Gasteiger partial charge in [-0.15, -0.1) is 0 Å². The predicted molar refractivity (Wildman–Crippen MR) is 69.4 cm³/mol. The molecule has 0 radical (unpaired) electrons. The third-order valence-corrected chi connectivity index (χ3v) is 2.91. The van der Waals surface area contributed by atoms with Crippen molar-refractivity contribution in [2.75, 3.05) is 0 Å². The number of aromatic nitrogens is 1.